The number of hydrogen-bond donors (Lipinski definition) is 1. The zero-order chi connectivity index (χ0) is 12.0. The first-order valence-corrected chi connectivity index (χ1v) is 7.70. The maximum Gasteiger partial charge on any atom is 0.122 e. The minimum absolute atomic E-state index is 0.0605. The molecule has 0 saturated heterocycles. The number of aliphatic hydroxyl groups is 1. The maximum absolute atomic E-state index is 11.1. The van der Waals surface area contributed by atoms with E-state index < -0.39 is 16.4 Å². The van der Waals surface area contributed by atoms with Crippen molar-refractivity contribution in [1.29, 1.82) is 0 Å². The summed E-state index contributed by atoms with van der Waals surface area (Å²) in [5, 5.41) is 9.66. The van der Waals surface area contributed by atoms with E-state index in [9.17, 15) is 9.32 Å². The average molecular weight is 246 g/mol. The fraction of sp³-hybridized carbons (Fsp3) is 1.00. The van der Waals surface area contributed by atoms with Gasteiger partial charge in [0, 0.05) is 17.1 Å². The van der Waals surface area contributed by atoms with Crippen LogP contribution >= 0.6 is 0 Å². The summed E-state index contributed by atoms with van der Waals surface area (Å²) >= 11 is 0. The third-order valence-electron chi connectivity index (χ3n) is 4.80. The largest absolute Gasteiger partial charge is 0.393 e. The fourth-order valence-electron chi connectivity index (χ4n) is 3.60. The molecule has 3 aliphatic carbocycles. The lowest BCUT2D eigenvalue weighted by Crippen LogP contribution is -2.64. The molecule has 94 valence electrons. The van der Waals surface area contributed by atoms with Crippen molar-refractivity contribution in [2.75, 3.05) is 18.8 Å². The predicted octanol–water partition coefficient (Wildman–Crippen LogP) is 1.53. The van der Waals surface area contributed by atoms with Crippen molar-refractivity contribution in [3.63, 3.8) is 0 Å². The molecule has 3 fully saturated rings. The molecule has 0 radical (unpaired) electrons. The van der Waals surface area contributed by atoms with Gasteiger partial charge >= 0.3 is 0 Å². The maximum atomic E-state index is 11.1. The first kappa shape index (κ1) is 12.5. The lowest BCUT2D eigenvalue weighted by atomic mass is 9.44. The fourth-order valence-corrected chi connectivity index (χ4v) is 4.00. The Morgan fingerprint density at radius 1 is 1.50 bits per heavy atom. The van der Waals surface area contributed by atoms with Crippen molar-refractivity contribution in [3.8, 4) is 0 Å². The minimum Gasteiger partial charge on any atom is -0.393 e. The molecule has 0 aromatic heterocycles. The summed E-state index contributed by atoms with van der Waals surface area (Å²) in [7, 11) is -0.951. The van der Waals surface area contributed by atoms with E-state index in [1.54, 1.807) is 6.26 Å². The molecule has 4 atom stereocenters. The van der Waals surface area contributed by atoms with Crippen molar-refractivity contribution < 1.29 is 14.1 Å². The van der Waals surface area contributed by atoms with E-state index in [4.69, 9.17) is 4.74 Å². The van der Waals surface area contributed by atoms with E-state index in [0.29, 0.717) is 5.92 Å². The van der Waals surface area contributed by atoms with Gasteiger partial charge in [-0.05, 0) is 36.5 Å². The van der Waals surface area contributed by atoms with Gasteiger partial charge in [0.05, 0.1) is 12.2 Å². The van der Waals surface area contributed by atoms with Crippen LogP contribution in [0, 0.1) is 17.3 Å². The van der Waals surface area contributed by atoms with E-state index >= 15 is 0 Å². The molecule has 1 unspecified atom stereocenters. The summed E-state index contributed by atoms with van der Waals surface area (Å²) in [5.74, 6) is 1.46. The third kappa shape index (κ3) is 1.75. The highest BCUT2D eigenvalue weighted by Crippen LogP contribution is 2.63. The topological polar surface area (TPSA) is 46.5 Å². The lowest BCUT2D eigenvalue weighted by molar-refractivity contribution is -0.231. The van der Waals surface area contributed by atoms with Gasteiger partial charge in [-0.25, -0.2) is 0 Å². The second kappa shape index (κ2) is 4.07. The number of fused-ring (bicyclic) bond motifs is 2. The molecule has 0 aromatic rings. The van der Waals surface area contributed by atoms with E-state index in [2.05, 4.69) is 13.8 Å². The quantitative estimate of drug-likeness (QED) is 0.818. The molecule has 2 bridgehead atoms. The Labute approximate surface area is 100 Å². The molecule has 16 heavy (non-hydrogen) atoms. The first-order valence-electron chi connectivity index (χ1n) is 5.97. The molecule has 3 saturated carbocycles. The molecule has 3 nitrogen and oxygen atoms in total. The zero-order valence-corrected chi connectivity index (χ0v) is 11.2. The standard InChI is InChI=1S/C12H22O3S/c1-11(2)9-4-5-12(7-13,10(11)6-9)15-8-16(3)14/h9-10,13H,4-8H2,1-3H3/t9-,10+,12+,16?/m0/s1. The molecule has 4 heteroatoms. The van der Waals surface area contributed by atoms with Crippen LogP contribution in [0.5, 0.6) is 0 Å². The van der Waals surface area contributed by atoms with Gasteiger partial charge in [0.1, 0.15) is 5.94 Å². The van der Waals surface area contributed by atoms with Gasteiger partial charge in [-0.3, -0.25) is 4.21 Å². The summed E-state index contributed by atoms with van der Waals surface area (Å²) in [6.07, 6.45) is 4.84. The summed E-state index contributed by atoms with van der Waals surface area (Å²) in [6, 6.07) is 0. The minimum atomic E-state index is -0.951. The van der Waals surface area contributed by atoms with Crippen molar-refractivity contribution in [1.82, 2.24) is 0 Å². The van der Waals surface area contributed by atoms with Crippen LogP contribution in [0.2, 0.25) is 0 Å². The Bertz CT molecular complexity index is 301. The summed E-state index contributed by atoms with van der Waals surface area (Å²) in [5.41, 5.74) is -0.153. The van der Waals surface area contributed by atoms with Crippen molar-refractivity contribution in [3.05, 3.63) is 0 Å². The molecule has 0 aromatic carbocycles. The Morgan fingerprint density at radius 3 is 2.62 bits per heavy atom. The number of ether oxygens (including phenoxy) is 1. The molecular formula is C12H22O3S. The van der Waals surface area contributed by atoms with Gasteiger partial charge in [-0.15, -0.1) is 0 Å². The van der Waals surface area contributed by atoms with Gasteiger partial charge in [-0.2, -0.15) is 0 Å². The normalized spacial score (nSPS) is 42.5. The van der Waals surface area contributed by atoms with Crippen LogP contribution in [-0.4, -0.2) is 33.7 Å². The highest BCUT2D eigenvalue weighted by atomic mass is 32.2. The molecule has 3 rings (SSSR count). The van der Waals surface area contributed by atoms with Crippen molar-refractivity contribution in [2.45, 2.75) is 38.7 Å². The van der Waals surface area contributed by atoms with Gasteiger partial charge in [-0.1, -0.05) is 13.8 Å². The average Bonchev–Trinajstić information content (AvgIpc) is 2.26. The highest BCUT2D eigenvalue weighted by molar-refractivity contribution is 7.84. The monoisotopic (exact) mass is 246 g/mol. The van der Waals surface area contributed by atoms with Gasteiger partial charge < -0.3 is 9.84 Å². The second-order valence-corrected chi connectivity index (χ2v) is 7.29. The van der Waals surface area contributed by atoms with E-state index in [0.717, 1.165) is 25.2 Å². The van der Waals surface area contributed by atoms with Crippen molar-refractivity contribution in [2.24, 2.45) is 17.3 Å². The van der Waals surface area contributed by atoms with Crippen LogP contribution in [0.3, 0.4) is 0 Å². The second-order valence-electron chi connectivity index (χ2n) is 5.90. The Hall–Kier alpha value is 0.0700. The SMILES string of the molecule is CS(=O)CO[C@@]1(CO)CC[C@H]2C[C@@H]1C2(C)C. The Morgan fingerprint density at radius 2 is 2.19 bits per heavy atom. The summed E-state index contributed by atoms with van der Waals surface area (Å²) in [6.45, 7) is 4.59. The molecule has 0 heterocycles. The van der Waals surface area contributed by atoms with Crippen LogP contribution in [0.25, 0.3) is 0 Å². The molecule has 1 N–H and O–H groups in total. The first-order chi connectivity index (χ1) is 7.42. The van der Waals surface area contributed by atoms with Crippen LogP contribution < -0.4 is 0 Å². The van der Waals surface area contributed by atoms with Gasteiger partial charge in [0.15, 0.2) is 0 Å². The Balaban J connectivity index is 2.11. The van der Waals surface area contributed by atoms with E-state index in [1.807, 2.05) is 0 Å². The van der Waals surface area contributed by atoms with Gasteiger partial charge in [0.2, 0.25) is 0 Å². The number of aliphatic hydroxyl groups excluding tert-OH is 1. The van der Waals surface area contributed by atoms with Crippen LogP contribution in [-0.2, 0) is 15.5 Å². The van der Waals surface area contributed by atoms with E-state index in [1.165, 1.54) is 0 Å². The third-order valence-corrected chi connectivity index (χ3v) is 5.25. The number of rotatable bonds is 4. The Kier molecular flexibility index (Phi) is 3.19. The molecule has 3 aliphatic rings. The van der Waals surface area contributed by atoms with Gasteiger partial charge in [0.25, 0.3) is 0 Å². The molecule has 0 spiro atoms. The van der Waals surface area contributed by atoms with Crippen LogP contribution in [0.1, 0.15) is 33.1 Å². The van der Waals surface area contributed by atoms with Crippen molar-refractivity contribution >= 4 is 10.8 Å². The van der Waals surface area contributed by atoms with Crippen LogP contribution in [0.4, 0.5) is 0 Å². The lowest BCUT2D eigenvalue weighted by Gasteiger charge is -2.64. The summed E-state index contributed by atoms with van der Waals surface area (Å²) in [4.78, 5) is 0. The summed E-state index contributed by atoms with van der Waals surface area (Å²) < 4.78 is 16.9. The number of hydrogen-bond acceptors (Lipinski definition) is 3. The zero-order valence-electron chi connectivity index (χ0n) is 10.4. The van der Waals surface area contributed by atoms with Crippen LogP contribution in [0.15, 0.2) is 0 Å². The molecular weight excluding hydrogens is 224 g/mol. The highest BCUT2D eigenvalue weighted by Gasteiger charge is 2.61. The predicted molar refractivity (Wildman–Crippen MR) is 64.4 cm³/mol. The molecule has 0 amide bonds. The smallest absolute Gasteiger partial charge is 0.122 e. The van der Waals surface area contributed by atoms with E-state index in [-0.39, 0.29) is 18.0 Å². The molecule has 0 aliphatic heterocycles.